The molecule has 1 aliphatic rings. The summed E-state index contributed by atoms with van der Waals surface area (Å²) < 4.78 is 102. The average molecular weight is 575 g/mol. The van der Waals surface area contributed by atoms with Gasteiger partial charge in [0.1, 0.15) is 17.5 Å². The average Bonchev–Trinajstić information content (AvgIpc) is 2.92. The summed E-state index contributed by atoms with van der Waals surface area (Å²) in [5.41, 5.74) is -0.818. The van der Waals surface area contributed by atoms with Crippen LogP contribution in [0.3, 0.4) is 0 Å². The van der Waals surface area contributed by atoms with Crippen LogP contribution in [-0.2, 0) is 4.74 Å². The summed E-state index contributed by atoms with van der Waals surface area (Å²) in [6, 6.07) is 6.80. The smallest absolute Gasteiger partial charge is 0.458 e. The number of unbranched alkanes of at least 4 members (excludes halogenated alkanes) is 1. The van der Waals surface area contributed by atoms with E-state index in [1.807, 2.05) is 19.9 Å². The SMILES string of the molecule is CC.CCCCOC1=CCC(C#Cc2ccc(-c3cc(F)c4c(F)c(C#CC(F)(F)F)c(F)cc4c3)c(F)c2)CC1. The Balaban J connectivity index is 0.00000226. The highest BCUT2D eigenvalue weighted by Crippen LogP contribution is 2.33. The van der Waals surface area contributed by atoms with Gasteiger partial charge in [-0.15, -0.1) is 0 Å². The zero-order chi connectivity index (χ0) is 30.2. The second kappa shape index (κ2) is 14.1. The Morgan fingerprint density at radius 2 is 1.68 bits per heavy atom. The summed E-state index contributed by atoms with van der Waals surface area (Å²) in [5, 5.41) is -1.03. The highest BCUT2D eigenvalue weighted by molar-refractivity contribution is 5.90. The maximum atomic E-state index is 15.0. The Hall–Kier alpha value is -3.91. The van der Waals surface area contributed by atoms with E-state index in [1.165, 1.54) is 18.1 Å². The van der Waals surface area contributed by atoms with Crippen LogP contribution in [0.4, 0.5) is 30.7 Å². The third-order valence-electron chi connectivity index (χ3n) is 6.27. The molecule has 0 heterocycles. The van der Waals surface area contributed by atoms with Crippen molar-refractivity contribution in [1.82, 2.24) is 0 Å². The Kier molecular flexibility index (Phi) is 10.9. The molecule has 1 atom stereocenters. The van der Waals surface area contributed by atoms with E-state index in [1.54, 1.807) is 6.07 Å². The van der Waals surface area contributed by atoms with E-state index in [0.29, 0.717) is 18.2 Å². The Labute approximate surface area is 235 Å². The summed E-state index contributed by atoms with van der Waals surface area (Å²) in [4.78, 5) is 0. The maximum absolute atomic E-state index is 15.0. The van der Waals surface area contributed by atoms with Crippen molar-refractivity contribution in [3.63, 3.8) is 0 Å². The monoisotopic (exact) mass is 574 g/mol. The molecule has 0 saturated carbocycles. The van der Waals surface area contributed by atoms with Crippen LogP contribution in [0.1, 0.15) is 64.0 Å². The quantitative estimate of drug-likeness (QED) is 0.167. The van der Waals surface area contributed by atoms with Gasteiger partial charge in [-0.05, 0) is 66.6 Å². The zero-order valence-electron chi connectivity index (χ0n) is 22.9. The molecule has 1 unspecified atom stereocenters. The third-order valence-corrected chi connectivity index (χ3v) is 6.27. The molecule has 0 fully saturated rings. The lowest BCUT2D eigenvalue weighted by atomic mass is 9.93. The maximum Gasteiger partial charge on any atom is 0.458 e. The highest BCUT2D eigenvalue weighted by atomic mass is 19.4. The molecular formula is C33H29F7O. The third kappa shape index (κ3) is 8.30. The molecule has 0 aliphatic heterocycles. The number of alkyl halides is 3. The van der Waals surface area contributed by atoms with Crippen LogP contribution in [0.2, 0.25) is 0 Å². The number of hydrogen-bond donors (Lipinski definition) is 0. The number of benzene rings is 3. The fraction of sp³-hybridized carbons (Fsp3) is 0.333. The number of fused-ring (bicyclic) bond motifs is 1. The van der Waals surface area contributed by atoms with Crippen molar-refractivity contribution in [2.24, 2.45) is 5.92 Å². The molecule has 0 spiro atoms. The molecule has 8 heteroatoms. The van der Waals surface area contributed by atoms with Gasteiger partial charge in [0.05, 0.1) is 23.3 Å². The molecule has 0 radical (unpaired) electrons. The van der Waals surface area contributed by atoms with E-state index in [9.17, 15) is 30.7 Å². The lowest BCUT2D eigenvalue weighted by molar-refractivity contribution is -0.0696. The first kappa shape index (κ1) is 31.6. The minimum absolute atomic E-state index is 0.00189. The van der Waals surface area contributed by atoms with Crippen LogP contribution in [0.15, 0.2) is 48.2 Å². The first-order chi connectivity index (χ1) is 19.6. The predicted octanol–water partition coefficient (Wildman–Crippen LogP) is 9.86. The summed E-state index contributed by atoms with van der Waals surface area (Å²) in [5.74, 6) is 4.47. The zero-order valence-corrected chi connectivity index (χ0v) is 22.9. The van der Waals surface area contributed by atoms with E-state index in [4.69, 9.17) is 4.74 Å². The van der Waals surface area contributed by atoms with Gasteiger partial charge in [0.15, 0.2) is 5.82 Å². The molecule has 0 saturated heterocycles. The lowest BCUT2D eigenvalue weighted by Gasteiger charge is -2.18. The lowest BCUT2D eigenvalue weighted by Crippen LogP contribution is -2.06. The predicted molar refractivity (Wildman–Crippen MR) is 147 cm³/mol. The Morgan fingerprint density at radius 1 is 0.927 bits per heavy atom. The fourth-order valence-corrected chi connectivity index (χ4v) is 4.25. The highest BCUT2D eigenvalue weighted by Gasteiger charge is 2.24. The van der Waals surface area contributed by atoms with Crippen molar-refractivity contribution in [2.75, 3.05) is 6.61 Å². The second-order valence-electron chi connectivity index (χ2n) is 9.16. The molecule has 0 bridgehead atoms. The molecule has 216 valence electrons. The van der Waals surface area contributed by atoms with Crippen molar-refractivity contribution in [2.45, 2.75) is 59.1 Å². The standard InChI is InChI=1S/C31H23F7O.C2H6/c1-2-3-14-39-23-9-6-19(7-10-23)4-5-20-8-11-24(26(32)15-20)21-16-22-18-27(33)25(12-13-31(36,37)38)30(35)29(22)28(34)17-21;1-2/h8-9,11,15-19H,2-3,6-7,10,14H2,1H3;1-2H3. The van der Waals surface area contributed by atoms with Crippen molar-refractivity contribution < 1.29 is 35.5 Å². The number of halogens is 7. The number of ether oxygens (including phenoxy) is 1. The van der Waals surface area contributed by atoms with E-state index >= 15 is 0 Å². The molecule has 0 aromatic heterocycles. The molecule has 3 aromatic rings. The second-order valence-corrected chi connectivity index (χ2v) is 9.16. The minimum atomic E-state index is -4.98. The minimum Gasteiger partial charge on any atom is -0.498 e. The van der Waals surface area contributed by atoms with Crippen molar-refractivity contribution in [3.8, 4) is 34.8 Å². The van der Waals surface area contributed by atoms with Gasteiger partial charge in [-0.3, -0.25) is 0 Å². The molecule has 3 aromatic carbocycles. The molecule has 0 amide bonds. The first-order valence-corrected chi connectivity index (χ1v) is 13.4. The molecular weight excluding hydrogens is 545 g/mol. The van der Waals surface area contributed by atoms with Gasteiger partial charge >= 0.3 is 6.18 Å². The van der Waals surface area contributed by atoms with Gasteiger partial charge in [-0.2, -0.15) is 13.2 Å². The molecule has 41 heavy (non-hydrogen) atoms. The van der Waals surface area contributed by atoms with Gasteiger partial charge in [0.25, 0.3) is 0 Å². The van der Waals surface area contributed by atoms with Gasteiger partial charge in [-0.1, -0.05) is 51.0 Å². The van der Waals surface area contributed by atoms with Crippen LogP contribution in [0.5, 0.6) is 0 Å². The summed E-state index contributed by atoms with van der Waals surface area (Å²) in [6.07, 6.45) is 1.48. The first-order valence-electron chi connectivity index (χ1n) is 13.4. The number of rotatable bonds is 5. The molecule has 1 aliphatic carbocycles. The Bertz CT molecular complexity index is 1550. The molecule has 1 nitrogen and oxygen atoms in total. The molecule has 4 rings (SSSR count). The van der Waals surface area contributed by atoms with Gasteiger partial charge in [0, 0.05) is 29.4 Å². The van der Waals surface area contributed by atoms with Crippen LogP contribution in [0.25, 0.3) is 21.9 Å². The van der Waals surface area contributed by atoms with Crippen LogP contribution < -0.4 is 0 Å². The van der Waals surface area contributed by atoms with Crippen LogP contribution in [-0.4, -0.2) is 12.8 Å². The van der Waals surface area contributed by atoms with E-state index in [2.05, 4.69) is 18.8 Å². The van der Waals surface area contributed by atoms with E-state index in [-0.39, 0.29) is 22.4 Å². The summed E-state index contributed by atoms with van der Waals surface area (Å²) >= 11 is 0. The largest absolute Gasteiger partial charge is 0.498 e. The van der Waals surface area contributed by atoms with E-state index < -0.39 is 40.4 Å². The Morgan fingerprint density at radius 3 is 2.32 bits per heavy atom. The topological polar surface area (TPSA) is 9.23 Å². The number of hydrogen-bond acceptors (Lipinski definition) is 1. The molecule has 0 N–H and O–H groups in total. The van der Waals surface area contributed by atoms with Crippen molar-refractivity contribution in [3.05, 3.63) is 82.6 Å². The van der Waals surface area contributed by atoms with Gasteiger partial charge in [0.2, 0.25) is 0 Å². The van der Waals surface area contributed by atoms with E-state index in [0.717, 1.165) is 55.9 Å². The normalized spacial score (nSPS) is 14.6. The van der Waals surface area contributed by atoms with Gasteiger partial charge < -0.3 is 4.74 Å². The number of allylic oxidation sites excluding steroid dienone is 2. The van der Waals surface area contributed by atoms with Crippen molar-refractivity contribution in [1.29, 1.82) is 0 Å². The van der Waals surface area contributed by atoms with Crippen molar-refractivity contribution >= 4 is 10.8 Å². The van der Waals surface area contributed by atoms with Crippen LogP contribution in [0, 0.1) is 52.9 Å². The van der Waals surface area contributed by atoms with Gasteiger partial charge in [-0.25, -0.2) is 17.6 Å². The summed E-state index contributed by atoms with van der Waals surface area (Å²) in [6.45, 7) is 6.80. The van der Waals surface area contributed by atoms with Crippen LogP contribution >= 0.6 is 0 Å². The fourth-order valence-electron chi connectivity index (χ4n) is 4.25. The summed E-state index contributed by atoms with van der Waals surface area (Å²) in [7, 11) is 0.